The molecule has 2 rings (SSSR count). The highest BCUT2D eigenvalue weighted by molar-refractivity contribution is 5.95. The highest BCUT2D eigenvalue weighted by Gasteiger charge is 2.23. The Bertz CT molecular complexity index is 682. The SMILES string of the molecule is CCCCCn1cnc(C(=O)N[C@@H](Cc2ccccc2)C(=O)OC)c1. The lowest BCUT2D eigenvalue weighted by molar-refractivity contribution is -0.142. The summed E-state index contributed by atoms with van der Waals surface area (Å²) >= 11 is 0. The van der Waals surface area contributed by atoms with E-state index in [4.69, 9.17) is 4.74 Å². The molecule has 2 aromatic rings. The lowest BCUT2D eigenvalue weighted by Gasteiger charge is -2.16. The summed E-state index contributed by atoms with van der Waals surface area (Å²) in [6, 6.07) is 8.76. The summed E-state index contributed by atoms with van der Waals surface area (Å²) in [4.78, 5) is 28.6. The molecule has 0 saturated carbocycles. The molecule has 0 aliphatic rings. The normalized spacial score (nSPS) is 11.8. The van der Waals surface area contributed by atoms with Crippen LogP contribution < -0.4 is 5.32 Å². The van der Waals surface area contributed by atoms with Crippen molar-refractivity contribution in [3.63, 3.8) is 0 Å². The van der Waals surface area contributed by atoms with Crippen molar-refractivity contribution >= 4 is 11.9 Å². The van der Waals surface area contributed by atoms with Gasteiger partial charge in [0.15, 0.2) is 0 Å². The van der Waals surface area contributed by atoms with Crippen LogP contribution in [0.2, 0.25) is 0 Å². The summed E-state index contributed by atoms with van der Waals surface area (Å²) in [6.07, 6.45) is 7.06. The fraction of sp³-hybridized carbons (Fsp3) is 0.421. The number of aromatic nitrogens is 2. The third kappa shape index (κ3) is 5.74. The highest BCUT2D eigenvalue weighted by Crippen LogP contribution is 2.07. The van der Waals surface area contributed by atoms with Gasteiger partial charge in [0.1, 0.15) is 11.7 Å². The molecule has 0 unspecified atom stereocenters. The van der Waals surface area contributed by atoms with Gasteiger partial charge < -0.3 is 14.6 Å². The maximum absolute atomic E-state index is 12.4. The Morgan fingerprint density at radius 3 is 2.68 bits per heavy atom. The number of methoxy groups -OCH3 is 1. The first-order valence-electron chi connectivity index (χ1n) is 8.58. The van der Waals surface area contributed by atoms with Crippen LogP contribution in [0.4, 0.5) is 0 Å². The maximum Gasteiger partial charge on any atom is 0.328 e. The van der Waals surface area contributed by atoms with Crippen molar-refractivity contribution in [1.29, 1.82) is 0 Å². The van der Waals surface area contributed by atoms with E-state index >= 15 is 0 Å². The smallest absolute Gasteiger partial charge is 0.328 e. The summed E-state index contributed by atoms with van der Waals surface area (Å²) in [5.74, 6) is -0.847. The summed E-state index contributed by atoms with van der Waals surface area (Å²) in [5.41, 5.74) is 1.25. The predicted molar refractivity (Wildman–Crippen MR) is 95.2 cm³/mol. The second kappa shape index (κ2) is 9.61. The molecule has 0 saturated heterocycles. The van der Waals surface area contributed by atoms with Gasteiger partial charge in [-0.25, -0.2) is 9.78 Å². The Kier molecular flexibility index (Phi) is 7.19. The molecule has 1 N–H and O–H groups in total. The summed E-state index contributed by atoms with van der Waals surface area (Å²) in [5, 5.41) is 2.72. The minimum Gasteiger partial charge on any atom is -0.467 e. The first-order chi connectivity index (χ1) is 12.1. The molecule has 1 heterocycles. The van der Waals surface area contributed by atoms with Crippen LogP contribution in [0.1, 0.15) is 42.2 Å². The number of carbonyl (C=O) groups excluding carboxylic acids is 2. The molecule has 1 amide bonds. The zero-order valence-corrected chi connectivity index (χ0v) is 14.8. The Labute approximate surface area is 148 Å². The molecule has 25 heavy (non-hydrogen) atoms. The second-order valence-corrected chi connectivity index (χ2v) is 5.94. The minimum absolute atomic E-state index is 0.304. The van der Waals surface area contributed by atoms with Gasteiger partial charge in [0.2, 0.25) is 0 Å². The summed E-state index contributed by atoms with van der Waals surface area (Å²) in [6.45, 7) is 2.98. The van der Waals surface area contributed by atoms with E-state index in [0.29, 0.717) is 12.1 Å². The lowest BCUT2D eigenvalue weighted by Crippen LogP contribution is -2.43. The molecule has 0 aliphatic heterocycles. The van der Waals surface area contributed by atoms with Crippen LogP contribution in [0.15, 0.2) is 42.9 Å². The fourth-order valence-electron chi connectivity index (χ4n) is 2.56. The van der Waals surface area contributed by atoms with Gasteiger partial charge in [-0.3, -0.25) is 4.79 Å². The van der Waals surface area contributed by atoms with E-state index in [1.54, 1.807) is 12.5 Å². The number of nitrogens with zero attached hydrogens (tertiary/aromatic N) is 2. The van der Waals surface area contributed by atoms with Crippen LogP contribution >= 0.6 is 0 Å². The van der Waals surface area contributed by atoms with Gasteiger partial charge in [0, 0.05) is 19.2 Å². The second-order valence-electron chi connectivity index (χ2n) is 5.94. The molecular formula is C19H25N3O3. The number of hydrogen-bond acceptors (Lipinski definition) is 4. The van der Waals surface area contributed by atoms with Crippen LogP contribution in [0.5, 0.6) is 0 Å². The number of imidazole rings is 1. The van der Waals surface area contributed by atoms with E-state index < -0.39 is 12.0 Å². The van der Waals surface area contributed by atoms with Gasteiger partial charge in [0.25, 0.3) is 5.91 Å². The van der Waals surface area contributed by atoms with Crippen molar-refractivity contribution in [1.82, 2.24) is 14.9 Å². The van der Waals surface area contributed by atoms with E-state index in [-0.39, 0.29) is 5.91 Å². The fourth-order valence-corrected chi connectivity index (χ4v) is 2.56. The maximum atomic E-state index is 12.4. The van der Waals surface area contributed by atoms with E-state index in [0.717, 1.165) is 31.4 Å². The van der Waals surface area contributed by atoms with Gasteiger partial charge in [-0.05, 0) is 12.0 Å². The number of unbranched alkanes of at least 4 members (excludes halogenated alkanes) is 2. The lowest BCUT2D eigenvalue weighted by atomic mass is 10.1. The van der Waals surface area contributed by atoms with Gasteiger partial charge >= 0.3 is 5.97 Å². The topological polar surface area (TPSA) is 73.2 Å². The molecule has 0 radical (unpaired) electrons. The van der Waals surface area contributed by atoms with Gasteiger partial charge in [-0.1, -0.05) is 50.1 Å². The third-order valence-electron chi connectivity index (χ3n) is 3.96. The molecule has 1 aromatic heterocycles. The first-order valence-corrected chi connectivity index (χ1v) is 8.58. The number of nitrogens with one attached hydrogen (secondary N) is 1. The highest BCUT2D eigenvalue weighted by atomic mass is 16.5. The van der Waals surface area contributed by atoms with Crippen LogP contribution in [0, 0.1) is 0 Å². The largest absolute Gasteiger partial charge is 0.467 e. The molecule has 1 atom stereocenters. The molecule has 1 aromatic carbocycles. The number of amides is 1. The van der Waals surface area contributed by atoms with E-state index in [1.165, 1.54) is 7.11 Å². The molecule has 0 fully saturated rings. The Morgan fingerprint density at radius 2 is 2.00 bits per heavy atom. The van der Waals surface area contributed by atoms with E-state index in [2.05, 4.69) is 17.2 Å². The average Bonchev–Trinajstić information content (AvgIpc) is 3.10. The van der Waals surface area contributed by atoms with Crippen molar-refractivity contribution in [2.24, 2.45) is 0 Å². The standard InChI is InChI=1S/C19H25N3O3/c1-3-4-8-11-22-13-17(20-14-22)18(23)21-16(19(24)25-2)12-15-9-6-5-7-10-15/h5-7,9-10,13-14,16H,3-4,8,11-12H2,1-2H3,(H,21,23)/t16-/m0/s1. The molecule has 134 valence electrons. The Balaban J connectivity index is 2.00. The first kappa shape index (κ1) is 18.7. The average molecular weight is 343 g/mol. The number of aryl methyl sites for hydroxylation is 1. The number of esters is 1. The van der Waals surface area contributed by atoms with Gasteiger partial charge in [0.05, 0.1) is 13.4 Å². The van der Waals surface area contributed by atoms with Crippen molar-refractivity contribution in [2.45, 2.75) is 45.2 Å². The quantitative estimate of drug-likeness (QED) is 0.561. The number of hydrogen-bond donors (Lipinski definition) is 1. The zero-order chi connectivity index (χ0) is 18.1. The van der Waals surface area contributed by atoms with Crippen molar-refractivity contribution in [3.8, 4) is 0 Å². The van der Waals surface area contributed by atoms with E-state index in [1.807, 2.05) is 34.9 Å². The van der Waals surface area contributed by atoms with Crippen LogP contribution in [0.25, 0.3) is 0 Å². The zero-order valence-electron chi connectivity index (χ0n) is 14.8. The number of benzene rings is 1. The Morgan fingerprint density at radius 1 is 1.24 bits per heavy atom. The van der Waals surface area contributed by atoms with E-state index in [9.17, 15) is 9.59 Å². The number of rotatable bonds is 9. The van der Waals surface area contributed by atoms with Crippen molar-refractivity contribution < 1.29 is 14.3 Å². The molecule has 0 bridgehead atoms. The molecule has 0 aliphatic carbocycles. The third-order valence-corrected chi connectivity index (χ3v) is 3.96. The van der Waals surface area contributed by atoms with Crippen LogP contribution in [0.3, 0.4) is 0 Å². The van der Waals surface area contributed by atoms with Crippen LogP contribution in [-0.2, 0) is 22.5 Å². The van der Waals surface area contributed by atoms with Crippen LogP contribution in [-0.4, -0.2) is 34.6 Å². The molecule has 6 nitrogen and oxygen atoms in total. The van der Waals surface area contributed by atoms with Crippen molar-refractivity contribution in [2.75, 3.05) is 7.11 Å². The monoisotopic (exact) mass is 343 g/mol. The molecular weight excluding hydrogens is 318 g/mol. The summed E-state index contributed by atoms with van der Waals surface area (Å²) in [7, 11) is 1.31. The Hall–Kier alpha value is -2.63. The van der Waals surface area contributed by atoms with Crippen molar-refractivity contribution in [3.05, 3.63) is 54.1 Å². The molecule has 0 spiro atoms. The van der Waals surface area contributed by atoms with Gasteiger partial charge in [-0.15, -0.1) is 0 Å². The predicted octanol–water partition coefficient (Wildman–Crippen LogP) is 2.59. The minimum atomic E-state index is -0.745. The number of ether oxygens (including phenoxy) is 1. The van der Waals surface area contributed by atoms with Gasteiger partial charge in [-0.2, -0.15) is 0 Å². The number of carbonyl (C=O) groups is 2. The summed E-state index contributed by atoms with van der Waals surface area (Å²) < 4.78 is 6.71. The molecule has 6 heteroatoms.